The molecular formula is C20H18N2O4. The molecule has 1 aliphatic heterocycles. The van der Waals surface area contributed by atoms with Crippen LogP contribution in [0.25, 0.3) is 17.4 Å². The number of hydrogen-bond acceptors (Lipinski definition) is 5. The summed E-state index contributed by atoms with van der Waals surface area (Å²) in [5, 5.41) is 9.32. The highest BCUT2D eigenvalue weighted by Crippen LogP contribution is 2.24. The van der Waals surface area contributed by atoms with Crippen LogP contribution in [0.1, 0.15) is 23.0 Å². The molecule has 1 aliphatic rings. The van der Waals surface area contributed by atoms with E-state index in [1.54, 1.807) is 41.3 Å². The molecule has 2 heterocycles. The molecule has 132 valence electrons. The van der Waals surface area contributed by atoms with Crippen LogP contribution in [0.5, 0.6) is 0 Å². The maximum Gasteiger partial charge on any atom is 0.264 e. The number of furan rings is 1. The van der Waals surface area contributed by atoms with Gasteiger partial charge >= 0.3 is 0 Å². The first kappa shape index (κ1) is 17.6. The summed E-state index contributed by atoms with van der Waals surface area (Å²) in [6, 6.07) is 12.5. The van der Waals surface area contributed by atoms with E-state index in [2.05, 4.69) is 0 Å². The Bertz CT molecular complexity index is 881. The predicted molar refractivity (Wildman–Crippen MR) is 95.1 cm³/mol. The standard InChI is InChI=1S/C20H18N2O4/c1-14(23)15-2-4-16(5-3-15)19-7-6-18(26-19)12-17(13-21)20(24)22-8-10-25-11-9-22/h2-7,12H,8-11H2,1H3/b17-12+. The van der Waals surface area contributed by atoms with E-state index in [1.807, 2.05) is 6.07 Å². The Morgan fingerprint density at radius 1 is 1.12 bits per heavy atom. The second-order valence-corrected chi connectivity index (χ2v) is 5.91. The van der Waals surface area contributed by atoms with Crippen molar-refractivity contribution in [3.05, 3.63) is 53.3 Å². The smallest absolute Gasteiger partial charge is 0.264 e. The number of ketones is 1. The largest absolute Gasteiger partial charge is 0.457 e. The van der Waals surface area contributed by atoms with Gasteiger partial charge in [0.15, 0.2) is 5.78 Å². The molecule has 26 heavy (non-hydrogen) atoms. The Labute approximate surface area is 151 Å². The number of benzene rings is 1. The van der Waals surface area contributed by atoms with E-state index in [1.165, 1.54) is 13.0 Å². The van der Waals surface area contributed by atoms with Crippen molar-refractivity contribution >= 4 is 17.8 Å². The molecule has 0 N–H and O–H groups in total. The van der Waals surface area contributed by atoms with Crippen molar-refractivity contribution in [3.63, 3.8) is 0 Å². The molecule has 0 bridgehead atoms. The highest BCUT2D eigenvalue weighted by atomic mass is 16.5. The Hall–Kier alpha value is -3.17. The highest BCUT2D eigenvalue weighted by Gasteiger charge is 2.21. The predicted octanol–water partition coefficient (Wildman–Crippen LogP) is 2.91. The van der Waals surface area contributed by atoms with Gasteiger partial charge in [-0.05, 0) is 19.1 Å². The van der Waals surface area contributed by atoms with Gasteiger partial charge in [-0.1, -0.05) is 24.3 Å². The van der Waals surface area contributed by atoms with Gasteiger partial charge < -0.3 is 14.1 Å². The van der Waals surface area contributed by atoms with Gasteiger partial charge in [0.05, 0.1) is 13.2 Å². The number of nitrogens with zero attached hydrogens (tertiary/aromatic N) is 2. The fourth-order valence-corrected chi connectivity index (χ4v) is 2.68. The maximum absolute atomic E-state index is 12.4. The quantitative estimate of drug-likeness (QED) is 0.481. The van der Waals surface area contributed by atoms with Crippen LogP contribution >= 0.6 is 0 Å². The number of ether oxygens (including phenoxy) is 1. The lowest BCUT2D eigenvalue weighted by Gasteiger charge is -2.26. The lowest BCUT2D eigenvalue weighted by molar-refractivity contribution is -0.130. The van der Waals surface area contributed by atoms with Crippen molar-refractivity contribution in [2.24, 2.45) is 0 Å². The summed E-state index contributed by atoms with van der Waals surface area (Å²) in [6.07, 6.45) is 1.45. The second-order valence-electron chi connectivity index (χ2n) is 5.91. The van der Waals surface area contributed by atoms with E-state index < -0.39 is 0 Å². The molecule has 1 fully saturated rings. The second kappa shape index (κ2) is 7.81. The maximum atomic E-state index is 12.4. The number of rotatable bonds is 4. The molecule has 1 aromatic carbocycles. The van der Waals surface area contributed by atoms with Crippen LogP contribution < -0.4 is 0 Å². The van der Waals surface area contributed by atoms with Gasteiger partial charge in [-0.25, -0.2) is 0 Å². The molecule has 1 saturated heterocycles. The molecule has 2 aromatic rings. The summed E-state index contributed by atoms with van der Waals surface area (Å²) >= 11 is 0. The number of carbonyl (C=O) groups is 2. The molecule has 0 saturated carbocycles. The SMILES string of the molecule is CC(=O)c1ccc(-c2ccc(/C=C(\C#N)C(=O)N3CCOCC3)o2)cc1. The van der Waals surface area contributed by atoms with Crippen LogP contribution in [-0.2, 0) is 9.53 Å². The Balaban J connectivity index is 1.79. The van der Waals surface area contributed by atoms with Crippen LogP contribution in [0.3, 0.4) is 0 Å². The molecule has 0 radical (unpaired) electrons. The van der Waals surface area contributed by atoms with Crippen LogP contribution in [-0.4, -0.2) is 42.9 Å². The van der Waals surface area contributed by atoms with Crippen molar-refractivity contribution in [2.45, 2.75) is 6.92 Å². The van der Waals surface area contributed by atoms with Crippen molar-refractivity contribution in [1.29, 1.82) is 5.26 Å². The Morgan fingerprint density at radius 2 is 1.81 bits per heavy atom. The van der Waals surface area contributed by atoms with Crippen molar-refractivity contribution in [1.82, 2.24) is 4.90 Å². The summed E-state index contributed by atoms with van der Waals surface area (Å²) in [5.41, 5.74) is 1.47. The summed E-state index contributed by atoms with van der Waals surface area (Å²) in [4.78, 5) is 25.4. The van der Waals surface area contributed by atoms with Gasteiger partial charge in [-0.15, -0.1) is 0 Å². The van der Waals surface area contributed by atoms with Gasteiger partial charge in [-0.3, -0.25) is 9.59 Å². The summed E-state index contributed by atoms with van der Waals surface area (Å²) in [5.74, 6) is 0.704. The lowest BCUT2D eigenvalue weighted by Crippen LogP contribution is -2.41. The van der Waals surface area contributed by atoms with Gasteiger partial charge in [-0.2, -0.15) is 5.26 Å². The summed E-state index contributed by atoms with van der Waals surface area (Å²) < 4.78 is 11.0. The van der Waals surface area contributed by atoms with E-state index in [-0.39, 0.29) is 17.3 Å². The van der Waals surface area contributed by atoms with E-state index in [9.17, 15) is 14.9 Å². The highest BCUT2D eigenvalue weighted by molar-refractivity contribution is 6.01. The number of amides is 1. The average molecular weight is 350 g/mol. The minimum absolute atomic E-state index is 0.0000886. The first-order valence-electron chi connectivity index (χ1n) is 8.28. The van der Waals surface area contributed by atoms with Crippen molar-refractivity contribution < 1.29 is 18.7 Å². The molecule has 1 aromatic heterocycles. The van der Waals surface area contributed by atoms with Gasteiger partial charge in [0.1, 0.15) is 23.2 Å². The van der Waals surface area contributed by atoms with E-state index >= 15 is 0 Å². The fraction of sp³-hybridized carbons (Fsp3) is 0.250. The average Bonchev–Trinajstić information content (AvgIpc) is 3.15. The van der Waals surface area contributed by atoms with E-state index in [0.717, 1.165) is 5.56 Å². The molecule has 6 heteroatoms. The number of morpholine rings is 1. The number of Topliss-reactive ketones (excluding diaryl/α,β-unsaturated/α-hetero) is 1. The van der Waals surface area contributed by atoms with E-state index in [0.29, 0.717) is 43.4 Å². The van der Waals surface area contributed by atoms with Gasteiger partial charge in [0, 0.05) is 30.3 Å². The van der Waals surface area contributed by atoms with E-state index in [4.69, 9.17) is 9.15 Å². The molecule has 1 amide bonds. The molecule has 0 atom stereocenters. The first-order chi connectivity index (χ1) is 12.6. The molecular weight excluding hydrogens is 332 g/mol. The fourth-order valence-electron chi connectivity index (χ4n) is 2.68. The molecule has 3 rings (SSSR count). The third-order valence-corrected chi connectivity index (χ3v) is 4.14. The molecule has 0 spiro atoms. The lowest BCUT2D eigenvalue weighted by atomic mass is 10.1. The Kier molecular flexibility index (Phi) is 5.30. The summed E-state index contributed by atoms with van der Waals surface area (Å²) in [7, 11) is 0. The molecule has 0 unspecified atom stereocenters. The number of nitriles is 1. The molecule has 6 nitrogen and oxygen atoms in total. The zero-order valence-corrected chi connectivity index (χ0v) is 14.4. The first-order valence-corrected chi connectivity index (χ1v) is 8.28. The van der Waals surface area contributed by atoms with Crippen molar-refractivity contribution in [2.75, 3.05) is 26.3 Å². The minimum atomic E-state index is -0.320. The normalized spacial score (nSPS) is 14.8. The topological polar surface area (TPSA) is 83.5 Å². The van der Waals surface area contributed by atoms with Crippen LogP contribution in [0.2, 0.25) is 0 Å². The summed E-state index contributed by atoms with van der Waals surface area (Å²) in [6.45, 7) is 3.42. The number of carbonyl (C=O) groups excluding carboxylic acids is 2. The van der Waals surface area contributed by atoms with Crippen LogP contribution in [0.15, 0.2) is 46.4 Å². The van der Waals surface area contributed by atoms with Crippen LogP contribution in [0.4, 0.5) is 0 Å². The Morgan fingerprint density at radius 3 is 2.42 bits per heavy atom. The van der Waals surface area contributed by atoms with Gasteiger partial charge in [0.25, 0.3) is 5.91 Å². The monoisotopic (exact) mass is 350 g/mol. The zero-order valence-electron chi connectivity index (χ0n) is 14.4. The zero-order chi connectivity index (χ0) is 18.5. The third kappa shape index (κ3) is 3.90. The van der Waals surface area contributed by atoms with Crippen molar-refractivity contribution in [3.8, 4) is 17.4 Å². The minimum Gasteiger partial charge on any atom is -0.457 e. The molecule has 0 aliphatic carbocycles. The van der Waals surface area contributed by atoms with Gasteiger partial charge in [0.2, 0.25) is 0 Å². The van der Waals surface area contributed by atoms with Crippen LogP contribution in [0, 0.1) is 11.3 Å². The number of hydrogen-bond donors (Lipinski definition) is 0. The third-order valence-electron chi connectivity index (χ3n) is 4.14.